The van der Waals surface area contributed by atoms with Crippen molar-refractivity contribution >= 4 is 11.9 Å². The fraction of sp³-hybridized carbons (Fsp3) is 0.615. The summed E-state index contributed by atoms with van der Waals surface area (Å²) in [6.45, 7) is 4.17. The largest absolute Gasteiger partial charge is 0.465 e. The average molecular weight is 282 g/mol. The van der Waals surface area contributed by atoms with Gasteiger partial charge < -0.3 is 18.9 Å². The van der Waals surface area contributed by atoms with Crippen LogP contribution in [0.5, 0.6) is 5.88 Å². The fourth-order valence-electron chi connectivity index (χ4n) is 2.18. The van der Waals surface area contributed by atoms with Crippen LogP contribution in [0.25, 0.3) is 0 Å². The number of aromatic nitrogens is 1. The fourth-order valence-corrected chi connectivity index (χ4v) is 2.18. The van der Waals surface area contributed by atoms with E-state index in [1.54, 1.807) is 19.9 Å². The van der Waals surface area contributed by atoms with Crippen LogP contribution in [0.3, 0.4) is 0 Å². The molecule has 1 atom stereocenters. The van der Waals surface area contributed by atoms with Gasteiger partial charge in [-0.3, -0.25) is 4.79 Å². The molecule has 0 aliphatic carbocycles. The van der Waals surface area contributed by atoms with Crippen LogP contribution in [0, 0.1) is 6.92 Å². The molecule has 7 nitrogen and oxygen atoms in total. The van der Waals surface area contributed by atoms with Crippen LogP contribution in [0.15, 0.2) is 10.6 Å². The van der Waals surface area contributed by atoms with Crippen molar-refractivity contribution in [2.24, 2.45) is 0 Å². The maximum absolute atomic E-state index is 12.1. The lowest BCUT2D eigenvalue weighted by Gasteiger charge is -2.22. The molecule has 0 saturated carbocycles. The van der Waals surface area contributed by atoms with E-state index >= 15 is 0 Å². The third kappa shape index (κ3) is 3.28. The Kier molecular flexibility index (Phi) is 4.60. The number of hydrogen-bond donors (Lipinski definition) is 0. The zero-order valence-electron chi connectivity index (χ0n) is 11.6. The molecule has 1 saturated heterocycles. The van der Waals surface area contributed by atoms with Gasteiger partial charge in [0.25, 0.3) is 11.8 Å². The van der Waals surface area contributed by atoms with E-state index in [0.717, 1.165) is 6.42 Å². The molecule has 1 aromatic heterocycles. The quantitative estimate of drug-likeness (QED) is 0.747. The third-order valence-electron chi connectivity index (χ3n) is 3.08. The number of nitrogens with zero attached hydrogens (tertiary/aromatic N) is 2. The first-order valence-corrected chi connectivity index (χ1v) is 6.64. The second-order valence-corrected chi connectivity index (χ2v) is 4.56. The Balaban J connectivity index is 1.89. The summed E-state index contributed by atoms with van der Waals surface area (Å²) in [5, 5.41) is 3.64. The minimum atomic E-state index is -0.495. The SMILES string of the molecule is CCOC(=O)C1CCCN1C(=O)COc1cc(C)on1. The normalized spacial score (nSPS) is 18.1. The summed E-state index contributed by atoms with van der Waals surface area (Å²) < 4.78 is 15.1. The van der Waals surface area contributed by atoms with Crippen LogP contribution in [0.1, 0.15) is 25.5 Å². The topological polar surface area (TPSA) is 81.9 Å². The van der Waals surface area contributed by atoms with Crippen molar-refractivity contribution in [3.63, 3.8) is 0 Å². The van der Waals surface area contributed by atoms with Crippen molar-refractivity contribution in [2.75, 3.05) is 19.8 Å². The molecule has 1 aromatic rings. The third-order valence-corrected chi connectivity index (χ3v) is 3.08. The monoisotopic (exact) mass is 282 g/mol. The standard InChI is InChI=1S/C13H18N2O5/c1-3-18-13(17)10-5-4-6-15(10)12(16)8-19-11-7-9(2)20-14-11/h7,10H,3-6,8H2,1-2H3. The van der Waals surface area contributed by atoms with E-state index in [1.807, 2.05) is 0 Å². The first-order chi connectivity index (χ1) is 9.61. The van der Waals surface area contributed by atoms with Gasteiger partial charge in [0.05, 0.1) is 6.61 Å². The molecule has 2 rings (SSSR count). The van der Waals surface area contributed by atoms with E-state index in [0.29, 0.717) is 25.3 Å². The maximum Gasteiger partial charge on any atom is 0.328 e. The van der Waals surface area contributed by atoms with Crippen LogP contribution >= 0.6 is 0 Å². The summed E-state index contributed by atoms with van der Waals surface area (Å²) in [7, 11) is 0. The molecule has 1 aliphatic heterocycles. The van der Waals surface area contributed by atoms with Gasteiger partial charge in [0, 0.05) is 12.6 Å². The molecule has 2 heterocycles. The molecule has 0 bridgehead atoms. The van der Waals surface area contributed by atoms with E-state index in [2.05, 4.69) is 5.16 Å². The minimum Gasteiger partial charge on any atom is -0.465 e. The molecule has 0 aromatic carbocycles. The lowest BCUT2D eigenvalue weighted by molar-refractivity contribution is -0.153. The Bertz CT molecular complexity index is 485. The second kappa shape index (κ2) is 6.40. The molecule has 1 fully saturated rings. The van der Waals surface area contributed by atoms with Gasteiger partial charge in [0.2, 0.25) is 0 Å². The Morgan fingerprint density at radius 2 is 2.35 bits per heavy atom. The van der Waals surface area contributed by atoms with Gasteiger partial charge in [-0.1, -0.05) is 0 Å². The smallest absolute Gasteiger partial charge is 0.328 e. The molecular weight excluding hydrogens is 264 g/mol. The number of rotatable bonds is 5. The Hall–Kier alpha value is -2.05. The first-order valence-electron chi connectivity index (χ1n) is 6.64. The highest BCUT2D eigenvalue weighted by Gasteiger charge is 2.35. The van der Waals surface area contributed by atoms with Crippen LogP contribution < -0.4 is 4.74 Å². The van der Waals surface area contributed by atoms with Crippen molar-refractivity contribution in [3.8, 4) is 5.88 Å². The lowest BCUT2D eigenvalue weighted by atomic mass is 10.2. The van der Waals surface area contributed by atoms with Gasteiger partial charge in [-0.15, -0.1) is 0 Å². The van der Waals surface area contributed by atoms with E-state index < -0.39 is 6.04 Å². The number of carbonyl (C=O) groups is 2. The van der Waals surface area contributed by atoms with Crippen LogP contribution in [-0.4, -0.2) is 47.7 Å². The summed E-state index contributed by atoms with van der Waals surface area (Å²) in [6.07, 6.45) is 1.42. The zero-order valence-corrected chi connectivity index (χ0v) is 11.6. The molecular formula is C13H18N2O5. The van der Waals surface area contributed by atoms with Crippen molar-refractivity contribution < 1.29 is 23.6 Å². The number of hydrogen-bond acceptors (Lipinski definition) is 6. The van der Waals surface area contributed by atoms with Gasteiger partial charge in [0.1, 0.15) is 11.8 Å². The molecule has 20 heavy (non-hydrogen) atoms. The Labute approximate surface area is 116 Å². The molecule has 1 aliphatic rings. The minimum absolute atomic E-state index is 0.165. The second-order valence-electron chi connectivity index (χ2n) is 4.56. The van der Waals surface area contributed by atoms with Crippen molar-refractivity contribution in [2.45, 2.75) is 32.7 Å². The molecule has 110 valence electrons. The van der Waals surface area contributed by atoms with Crippen molar-refractivity contribution in [3.05, 3.63) is 11.8 Å². The number of amides is 1. The number of aryl methyl sites for hydroxylation is 1. The van der Waals surface area contributed by atoms with E-state index in [-0.39, 0.29) is 24.4 Å². The molecule has 1 amide bonds. The zero-order chi connectivity index (χ0) is 14.5. The summed E-state index contributed by atoms with van der Waals surface area (Å²) >= 11 is 0. The van der Waals surface area contributed by atoms with Gasteiger partial charge in [0.15, 0.2) is 6.61 Å². The summed E-state index contributed by atoms with van der Waals surface area (Å²) in [5.74, 6) is 0.276. The molecule has 0 radical (unpaired) electrons. The molecule has 7 heteroatoms. The Morgan fingerprint density at radius 1 is 1.55 bits per heavy atom. The van der Waals surface area contributed by atoms with Crippen LogP contribution in [0.2, 0.25) is 0 Å². The predicted octanol–water partition coefficient (Wildman–Crippen LogP) is 0.916. The number of ether oxygens (including phenoxy) is 2. The molecule has 0 N–H and O–H groups in total. The van der Waals surface area contributed by atoms with Gasteiger partial charge in [-0.05, 0) is 31.8 Å². The van der Waals surface area contributed by atoms with E-state index in [9.17, 15) is 9.59 Å². The number of carbonyl (C=O) groups excluding carboxylic acids is 2. The average Bonchev–Trinajstić information content (AvgIpc) is 3.05. The number of likely N-dealkylation sites (tertiary alicyclic amines) is 1. The predicted molar refractivity (Wildman–Crippen MR) is 68.1 cm³/mol. The molecule has 0 spiro atoms. The maximum atomic E-state index is 12.1. The number of esters is 1. The van der Waals surface area contributed by atoms with Gasteiger partial charge in [-0.2, -0.15) is 0 Å². The Morgan fingerprint density at radius 3 is 3.00 bits per heavy atom. The lowest BCUT2D eigenvalue weighted by Crippen LogP contribution is -2.43. The highest BCUT2D eigenvalue weighted by molar-refractivity contribution is 5.85. The highest BCUT2D eigenvalue weighted by Crippen LogP contribution is 2.19. The van der Waals surface area contributed by atoms with Crippen LogP contribution in [-0.2, 0) is 14.3 Å². The van der Waals surface area contributed by atoms with Crippen LogP contribution in [0.4, 0.5) is 0 Å². The van der Waals surface area contributed by atoms with E-state index in [4.69, 9.17) is 14.0 Å². The summed E-state index contributed by atoms with van der Waals surface area (Å²) in [6, 6.07) is 1.10. The molecule has 1 unspecified atom stereocenters. The summed E-state index contributed by atoms with van der Waals surface area (Å²) in [4.78, 5) is 25.3. The van der Waals surface area contributed by atoms with Gasteiger partial charge in [-0.25, -0.2) is 4.79 Å². The van der Waals surface area contributed by atoms with E-state index in [1.165, 1.54) is 4.90 Å². The van der Waals surface area contributed by atoms with Crippen molar-refractivity contribution in [1.82, 2.24) is 10.1 Å². The van der Waals surface area contributed by atoms with Crippen molar-refractivity contribution in [1.29, 1.82) is 0 Å². The first kappa shape index (κ1) is 14.4. The highest BCUT2D eigenvalue weighted by atomic mass is 16.5. The summed E-state index contributed by atoms with van der Waals surface area (Å²) in [5.41, 5.74) is 0. The van der Waals surface area contributed by atoms with Gasteiger partial charge >= 0.3 is 5.97 Å².